The molecule has 118 valence electrons. The predicted molar refractivity (Wildman–Crippen MR) is 91.8 cm³/mol. The van der Waals surface area contributed by atoms with Crippen LogP contribution in [0, 0.1) is 0 Å². The quantitative estimate of drug-likeness (QED) is 0.767. The molecule has 1 aromatic carbocycles. The van der Waals surface area contributed by atoms with Crippen molar-refractivity contribution in [2.24, 2.45) is 0 Å². The Kier molecular flexibility index (Phi) is 5.51. The van der Waals surface area contributed by atoms with Gasteiger partial charge in [0.05, 0.1) is 5.60 Å². The molecule has 3 N–H and O–H groups in total. The summed E-state index contributed by atoms with van der Waals surface area (Å²) in [5.41, 5.74) is 0.759. The standard InChI is InChI=1S/C16H21N3O2S/c1-16(21,12-22-2)11-17-15(20)18-13-6-5-7-14(10-13)19-8-3-4-9-19/h3-10,21H,11-12H2,1-2H3,(H2,17,18,20)/t16-/m0/s1. The summed E-state index contributed by atoms with van der Waals surface area (Å²) in [6, 6.07) is 11.1. The number of carbonyl (C=O) groups excluding carboxylic acids is 1. The van der Waals surface area contributed by atoms with E-state index in [-0.39, 0.29) is 12.6 Å². The first kappa shape index (κ1) is 16.5. The number of hydrogen-bond donors (Lipinski definition) is 3. The molecule has 1 atom stereocenters. The summed E-state index contributed by atoms with van der Waals surface area (Å²) < 4.78 is 1.96. The molecular formula is C16H21N3O2S. The van der Waals surface area contributed by atoms with Crippen LogP contribution in [0.2, 0.25) is 0 Å². The highest BCUT2D eigenvalue weighted by atomic mass is 32.2. The van der Waals surface area contributed by atoms with E-state index < -0.39 is 5.60 Å². The fourth-order valence-electron chi connectivity index (χ4n) is 2.06. The van der Waals surface area contributed by atoms with Crippen LogP contribution in [0.25, 0.3) is 5.69 Å². The van der Waals surface area contributed by atoms with Crippen LogP contribution < -0.4 is 10.6 Å². The van der Waals surface area contributed by atoms with Gasteiger partial charge in [-0.25, -0.2) is 4.79 Å². The van der Waals surface area contributed by atoms with Gasteiger partial charge in [0.1, 0.15) is 0 Å². The molecule has 0 aliphatic rings. The number of nitrogens with zero attached hydrogens (tertiary/aromatic N) is 1. The van der Waals surface area contributed by atoms with Crippen molar-refractivity contribution in [3.8, 4) is 5.69 Å². The fraction of sp³-hybridized carbons (Fsp3) is 0.312. The lowest BCUT2D eigenvalue weighted by atomic mass is 10.1. The van der Waals surface area contributed by atoms with Gasteiger partial charge in [-0.1, -0.05) is 6.07 Å². The van der Waals surface area contributed by atoms with Gasteiger partial charge < -0.3 is 20.3 Å². The Hall–Kier alpha value is -1.92. The minimum Gasteiger partial charge on any atom is -0.387 e. The van der Waals surface area contributed by atoms with Crippen molar-refractivity contribution in [3.05, 3.63) is 48.8 Å². The number of carbonyl (C=O) groups is 1. The molecule has 22 heavy (non-hydrogen) atoms. The monoisotopic (exact) mass is 319 g/mol. The molecule has 0 aliphatic heterocycles. The van der Waals surface area contributed by atoms with E-state index in [2.05, 4.69) is 10.6 Å². The Morgan fingerprint density at radius 3 is 2.73 bits per heavy atom. The van der Waals surface area contributed by atoms with Crippen molar-refractivity contribution in [2.75, 3.05) is 23.9 Å². The van der Waals surface area contributed by atoms with Crippen LogP contribution in [0.1, 0.15) is 6.92 Å². The lowest BCUT2D eigenvalue weighted by Crippen LogP contribution is -2.43. The van der Waals surface area contributed by atoms with Crippen LogP contribution in [0.15, 0.2) is 48.8 Å². The van der Waals surface area contributed by atoms with E-state index in [1.54, 1.807) is 18.7 Å². The summed E-state index contributed by atoms with van der Waals surface area (Å²) in [4.78, 5) is 11.9. The zero-order valence-corrected chi connectivity index (χ0v) is 13.6. The number of thioether (sulfide) groups is 1. The highest BCUT2D eigenvalue weighted by Crippen LogP contribution is 2.15. The molecule has 2 aromatic rings. The number of aliphatic hydroxyl groups is 1. The maximum absolute atomic E-state index is 11.9. The largest absolute Gasteiger partial charge is 0.387 e. The van der Waals surface area contributed by atoms with Gasteiger partial charge in [0.15, 0.2) is 0 Å². The summed E-state index contributed by atoms with van der Waals surface area (Å²) in [6.45, 7) is 1.91. The maximum Gasteiger partial charge on any atom is 0.319 e. The smallest absolute Gasteiger partial charge is 0.319 e. The van der Waals surface area contributed by atoms with Crippen LogP contribution >= 0.6 is 11.8 Å². The van der Waals surface area contributed by atoms with E-state index in [4.69, 9.17) is 0 Å². The second-order valence-electron chi connectivity index (χ2n) is 5.38. The van der Waals surface area contributed by atoms with Crippen molar-refractivity contribution in [1.29, 1.82) is 0 Å². The molecule has 6 heteroatoms. The second kappa shape index (κ2) is 7.38. The number of anilines is 1. The van der Waals surface area contributed by atoms with Gasteiger partial charge >= 0.3 is 6.03 Å². The minimum absolute atomic E-state index is 0.205. The SMILES string of the molecule is CSC[C@@](C)(O)CNC(=O)Nc1cccc(-n2cccc2)c1. The number of benzene rings is 1. The van der Waals surface area contributed by atoms with Gasteiger partial charge in [0.2, 0.25) is 0 Å². The summed E-state index contributed by atoms with van der Waals surface area (Å²) in [6.07, 6.45) is 5.80. The molecule has 0 radical (unpaired) electrons. The van der Waals surface area contributed by atoms with Crippen molar-refractivity contribution in [1.82, 2.24) is 9.88 Å². The molecule has 1 heterocycles. The molecule has 0 aliphatic carbocycles. The minimum atomic E-state index is -0.913. The van der Waals surface area contributed by atoms with Crippen molar-refractivity contribution >= 4 is 23.5 Å². The summed E-state index contributed by atoms with van der Waals surface area (Å²) in [7, 11) is 0. The summed E-state index contributed by atoms with van der Waals surface area (Å²) in [5, 5.41) is 15.5. The Bertz CT molecular complexity index is 612. The average molecular weight is 319 g/mol. The fourth-order valence-corrected chi connectivity index (χ4v) is 2.78. The second-order valence-corrected chi connectivity index (χ2v) is 6.24. The average Bonchev–Trinajstić information content (AvgIpc) is 3.00. The van der Waals surface area contributed by atoms with Crippen LogP contribution in [-0.4, -0.2) is 39.9 Å². The molecule has 1 aromatic heterocycles. The molecule has 2 rings (SSSR count). The molecule has 2 amide bonds. The molecule has 0 saturated carbocycles. The van der Waals surface area contributed by atoms with Crippen molar-refractivity contribution < 1.29 is 9.90 Å². The molecule has 0 saturated heterocycles. The van der Waals surface area contributed by atoms with E-state index in [1.165, 1.54) is 0 Å². The molecule has 0 spiro atoms. The van der Waals surface area contributed by atoms with Crippen LogP contribution in [0.4, 0.5) is 10.5 Å². The van der Waals surface area contributed by atoms with Gasteiger partial charge in [0.25, 0.3) is 0 Å². The number of amides is 2. The topological polar surface area (TPSA) is 66.3 Å². The Labute approximate surface area is 134 Å². The van der Waals surface area contributed by atoms with E-state index in [1.807, 2.05) is 59.6 Å². The maximum atomic E-state index is 11.9. The zero-order chi connectivity index (χ0) is 16.0. The Balaban J connectivity index is 1.93. The molecule has 5 nitrogen and oxygen atoms in total. The van der Waals surface area contributed by atoms with Crippen LogP contribution in [-0.2, 0) is 0 Å². The molecular weight excluding hydrogens is 298 g/mol. The third-order valence-corrected chi connectivity index (χ3v) is 4.00. The van der Waals surface area contributed by atoms with Crippen molar-refractivity contribution in [2.45, 2.75) is 12.5 Å². The van der Waals surface area contributed by atoms with E-state index >= 15 is 0 Å². The van der Waals surface area contributed by atoms with E-state index in [0.29, 0.717) is 11.4 Å². The van der Waals surface area contributed by atoms with Gasteiger partial charge in [-0.2, -0.15) is 11.8 Å². The van der Waals surface area contributed by atoms with Crippen LogP contribution in [0.5, 0.6) is 0 Å². The highest BCUT2D eigenvalue weighted by Gasteiger charge is 2.20. The Morgan fingerprint density at radius 2 is 2.05 bits per heavy atom. The third kappa shape index (κ3) is 4.82. The van der Waals surface area contributed by atoms with Gasteiger partial charge in [-0.05, 0) is 43.5 Å². The predicted octanol–water partition coefficient (Wildman–Crippen LogP) is 2.71. The Morgan fingerprint density at radius 1 is 1.32 bits per heavy atom. The summed E-state index contributed by atoms with van der Waals surface area (Å²) in [5.74, 6) is 0.566. The first-order valence-electron chi connectivity index (χ1n) is 7.00. The summed E-state index contributed by atoms with van der Waals surface area (Å²) >= 11 is 1.54. The van der Waals surface area contributed by atoms with Gasteiger partial charge in [-0.3, -0.25) is 0 Å². The first-order chi connectivity index (χ1) is 10.5. The highest BCUT2D eigenvalue weighted by molar-refractivity contribution is 7.98. The normalized spacial score (nSPS) is 13.4. The number of aromatic nitrogens is 1. The third-order valence-electron chi connectivity index (χ3n) is 3.09. The van der Waals surface area contributed by atoms with Gasteiger partial charge in [0, 0.05) is 36.1 Å². The zero-order valence-electron chi connectivity index (χ0n) is 12.7. The number of urea groups is 1. The number of rotatable bonds is 6. The van der Waals surface area contributed by atoms with Crippen molar-refractivity contribution in [3.63, 3.8) is 0 Å². The van der Waals surface area contributed by atoms with E-state index in [0.717, 1.165) is 5.69 Å². The number of hydrogen-bond acceptors (Lipinski definition) is 3. The number of nitrogens with one attached hydrogen (secondary N) is 2. The molecule has 0 bridgehead atoms. The lowest BCUT2D eigenvalue weighted by molar-refractivity contribution is 0.0876. The lowest BCUT2D eigenvalue weighted by Gasteiger charge is -2.22. The van der Waals surface area contributed by atoms with E-state index in [9.17, 15) is 9.90 Å². The van der Waals surface area contributed by atoms with Crippen LogP contribution in [0.3, 0.4) is 0 Å². The molecule has 0 fully saturated rings. The molecule has 0 unspecified atom stereocenters. The van der Waals surface area contributed by atoms with Gasteiger partial charge in [-0.15, -0.1) is 0 Å². The first-order valence-corrected chi connectivity index (χ1v) is 8.39.